The van der Waals surface area contributed by atoms with Crippen LogP contribution >= 0.6 is 0 Å². The lowest BCUT2D eigenvalue weighted by molar-refractivity contribution is -0.140. The maximum atomic E-state index is 13.6. The predicted octanol–water partition coefficient (Wildman–Crippen LogP) is 5.85. The van der Waals surface area contributed by atoms with Crippen molar-refractivity contribution in [2.75, 3.05) is 13.2 Å². The maximum Gasteiger partial charge on any atom is 0.295 e. The molecule has 1 fully saturated rings. The summed E-state index contributed by atoms with van der Waals surface area (Å²) in [5.74, 6) is 0.735. The number of aliphatic hydroxyl groups is 1. The number of likely N-dealkylation sites (tertiary alicyclic amines) is 1. The molecule has 2 aliphatic rings. The first kappa shape index (κ1) is 28.2. The number of amides is 1. The number of pyridine rings is 1. The second kappa shape index (κ2) is 12.0. The molecule has 0 aliphatic carbocycles. The highest BCUT2D eigenvalue weighted by atomic mass is 16.5. The summed E-state index contributed by atoms with van der Waals surface area (Å²) in [7, 11) is 0. The van der Waals surface area contributed by atoms with Crippen molar-refractivity contribution in [1.82, 2.24) is 9.88 Å². The van der Waals surface area contributed by atoms with Gasteiger partial charge in [-0.25, -0.2) is 0 Å². The monoisotopic (exact) mass is 556 g/mol. The molecular weight excluding hydrogens is 520 g/mol. The molecule has 2 atom stereocenters. The van der Waals surface area contributed by atoms with Gasteiger partial charge >= 0.3 is 0 Å². The molecule has 41 heavy (non-hydrogen) atoms. The van der Waals surface area contributed by atoms with Gasteiger partial charge in [-0.15, -0.1) is 0 Å². The van der Waals surface area contributed by atoms with E-state index >= 15 is 0 Å². The van der Waals surface area contributed by atoms with Crippen LogP contribution in [0.25, 0.3) is 5.76 Å². The largest absolute Gasteiger partial charge is 0.507 e. The Labute approximate surface area is 240 Å². The van der Waals surface area contributed by atoms with Gasteiger partial charge in [0.15, 0.2) is 11.5 Å². The summed E-state index contributed by atoms with van der Waals surface area (Å²) in [4.78, 5) is 32.6. The summed E-state index contributed by atoms with van der Waals surface area (Å²) in [5.41, 5.74) is 2.90. The number of ketones is 1. The van der Waals surface area contributed by atoms with E-state index in [1.54, 1.807) is 48.8 Å². The third-order valence-corrected chi connectivity index (χ3v) is 7.35. The lowest BCUT2D eigenvalue weighted by Gasteiger charge is -2.26. The number of hydrogen-bond donors (Lipinski definition) is 1. The summed E-state index contributed by atoms with van der Waals surface area (Å²) in [6, 6.07) is 13.6. The van der Waals surface area contributed by atoms with Gasteiger partial charge in [0.1, 0.15) is 17.6 Å². The van der Waals surface area contributed by atoms with Crippen molar-refractivity contribution in [1.29, 1.82) is 0 Å². The Hall–Kier alpha value is -4.33. The molecule has 1 aromatic heterocycles. The molecule has 0 bridgehead atoms. The number of hydrogen-bond acceptors (Lipinski definition) is 7. The number of aromatic nitrogens is 1. The minimum atomic E-state index is -0.837. The topological polar surface area (TPSA) is 98.2 Å². The highest BCUT2D eigenvalue weighted by Gasteiger charge is 2.46. The fourth-order valence-corrected chi connectivity index (χ4v) is 5.29. The fourth-order valence-electron chi connectivity index (χ4n) is 5.29. The van der Waals surface area contributed by atoms with E-state index in [0.717, 1.165) is 23.3 Å². The van der Waals surface area contributed by atoms with Crippen LogP contribution in [0.1, 0.15) is 62.4 Å². The standard InChI is InChI=1S/C33H36N2O6/c1-5-39-28-18-23(6-9-27(28)40-15-12-20(2)3)30-29(31(36)24-7-8-26-25(17-24)16-21(4)41-26)32(37)33(38)35(30)19-22-10-13-34-14-11-22/h6-11,13-14,17-18,20-21,30,36H,5,12,15-16,19H2,1-4H3/b31-29-. The Morgan fingerprint density at radius 2 is 1.85 bits per heavy atom. The van der Waals surface area contributed by atoms with Crippen LogP contribution < -0.4 is 14.2 Å². The van der Waals surface area contributed by atoms with Crippen LogP contribution in [-0.2, 0) is 22.6 Å². The van der Waals surface area contributed by atoms with E-state index in [2.05, 4.69) is 18.8 Å². The first-order chi connectivity index (χ1) is 19.8. The highest BCUT2D eigenvalue weighted by molar-refractivity contribution is 6.46. The van der Waals surface area contributed by atoms with Gasteiger partial charge in [0.25, 0.3) is 11.7 Å². The number of benzene rings is 2. The van der Waals surface area contributed by atoms with E-state index < -0.39 is 17.7 Å². The molecule has 8 nitrogen and oxygen atoms in total. The highest BCUT2D eigenvalue weighted by Crippen LogP contribution is 2.43. The number of aliphatic hydroxyl groups excluding tert-OH is 1. The van der Waals surface area contributed by atoms with Crippen LogP contribution in [-0.4, -0.2) is 46.0 Å². The van der Waals surface area contributed by atoms with Crippen LogP contribution in [0, 0.1) is 5.92 Å². The van der Waals surface area contributed by atoms with Crippen molar-refractivity contribution in [3.8, 4) is 17.2 Å². The summed E-state index contributed by atoms with van der Waals surface area (Å²) in [6.07, 6.45) is 4.92. The Morgan fingerprint density at radius 1 is 1.07 bits per heavy atom. The lowest BCUT2D eigenvalue weighted by Crippen LogP contribution is -2.29. The summed E-state index contributed by atoms with van der Waals surface area (Å²) in [6.45, 7) is 9.26. The zero-order chi connectivity index (χ0) is 29.1. The van der Waals surface area contributed by atoms with Crippen molar-refractivity contribution >= 4 is 17.4 Å². The second-order valence-corrected chi connectivity index (χ2v) is 10.9. The number of carbonyl (C=O) groups is 2. The van der Waals surface area contributed by atoms with Gasteiger partial charge in [-0.2, -0.15) is 0 Å². The Bertz CT molecular complexity index is 1470. The average molecular weight is 557 g/mol. The van der Waals surface area contributed by atoms with Gasteiger partial charge in [0, 0.05) is 30.9 Å². The summed E-state index contributed by atoms with van der Waals surface area (Å²) in [5, 5.41) is 11.6. The third-order valence-electron chi connectivity index (χ3n) is 7.35. The maximum absolute atomic E-state index is 13.6. The molecule has 5 rings (SSSR count). The van der Waals surface area contributed by atoms with Gasteiger partial charge in [-0.3, -0.25) is 14.6 Å². The smallest absolute Gasteiger partial charge is 0.295 e. The van der Waals surface area contributed by atoms with E-state index in [0.29, 0.717) is 48.2 Å². The van der Waals surface area contributed by atoms with E-state index in [4.69, 9.17) is 14.2 Å². The van der Waals surface area contributed by atoms with Crippen LogP contribution in [0.15, 0.2) is 66.5 Å². The molecule has 1 N–H and O–H groups in total. The first-order valence-electron chi connectivity index (χ1n) is 14.1. The number of fused-ring (bicyclic) bond motifs is 1. The quantitative estimate of drug-likeness (QED) is 0.190. The second-order valence-electron chi connectivity index (χ2n) is 10.9. The van der Waals surface area contributed by atoms with Gasteiger partial charge < -0.3 is 24.2 Å². The van der Waals surface area contributed by atoms with E-state index in [9.17, 15) is 14.7 Å². The minimum absolute atomic E-state index is 0.0339. The zero-order valence-electron chi connectivity index (χ0n) is 23.9. The normalized spacial score (nSPS) is 19.4. The molecule has 0 spiro atoms. The number of Topliss-reactive ketones (excluding diaryl/α,β-unsaturated/α-hetero) is 1. The van der Waals surface area contributed by atoms with Gasteiger partial charge in [0.2, 0.25) is 0 Å². The number of nitrogens with zero attached hydrogens (tertiary/aromatic N) is 2. The Morgan fingerprint density at radius 3 is 2.59 bits per heavy atom. The van der Waals surface area contributed by atoms with E-state index in [1.165, 1.54) is 4.90 Å². The molecule has 2 aliphatic heterocycles. The fraction of sp³-hybridized carbons (Fsp3) is 0.364. The number of carbonyl (C=O) groups excluding carboxylic acids is 2. The van der Waals surface area contributed by atoms with E-state index in [-0.39, 0.29) is 24.0 Å². The molecule has 3 aromatic rings. The van der Waals surface area contributed by atoms with Crippen molar-refractivity contribution in [2.24, 2.45) is 5.92 Å². The van der Waals surface area contributed by atoms with Crippen LogP contribution in [0.4, 0.5) is 0 Å². The molecule has 2 aromatic carbocycles. The molecule has 8 heteroatoms. The molecule has 2 unspecified atom stereocenters. The molecule has 1 amide bonds. The molecule has 0 saturated carbocycles. The van der Waals surface area contributed by atoms with E-state index in [1.807, 2.05) is 26.0 Å². The van der Waals surface area contributed by atoms with Crippen molar-refractivity contribution in [3.05, 3.63) is 88.8 Å². The van der Waals surface area contributed by atoms with Crippen LogP contribution in [0.3, 0.4) is 0 Å². The van der Waals surface area contributed by atoms with Gasteiger partial charge in [0.05, 0.1) is 24.8 Å². The summed E-state index contributed by atoms with van der Waals surface area (Å²) >= 11 is 0. The molecule has 214 valence electrons. The number of ether oxygens (including phenoxy) is 3. The SMILES string of the molecule is CCOc1cc(C2/C(=C(/O)c3ccc4c(c3)CC(C)O4)C(=O)C(=O)N2Cc2ccncc2)ccc1OCCC(C)C. The molecule has 1 saturated heterocycles. The van der Waals surface area contributed by atoms with Gasteiger partial charge in [-0.05, 0) is 85.3 Å². The Balaban J connectivity index is 1.60. The zero-order valence-corrected chi connectivity index (χ0v) is 23.9. The molecule has 3 heterocycles. The van der Waals surface area contributed by atoms with Crippen LogP contribution in [0.2, 0.25) is 0 Å². The summed E-state index contributed by atoms with van der Waals surface area (Å²) < 4.78 is 17.8. The van der Waals surface area contributed by atoms with Crippen molar-refractivity contribution < 1.29 is 28.9 Å². The minimum Gasteiger partial charge on any atom is -0.507 e. The first-order valence-corrected chi connectivity index (χ1v) is 14.1. The molecule has 0 radical (unpaired) electrons. The van der Waals surface area contributed by atoms with Gasteiger partial charge in [-0.1, -0.05) is 19.9 Å². The molecular formula is C33H36N2O6. The predicted molar refractivity (Wildman–Crippen MR) is 155 cm³/mol. The van der Waals surface area contributed by atoms with Crippen molar-refractivity contribution in [3.63, 3.8) is 0 Å². The number of rotatable bonds is 10. The van der Waals surface area contributed by atoms with Crippen LogP contribution in [0.5, 0.6) is 17.2 Å². The third kappa shape index (κ3) is 5.92. The lowest BCUT2D eigenvalue weighted by atomic mass is 9.94. The van der Waals surface area contributed by atoms with Crippen molar-refractivity contribution in [2.45, 2.75) is 59.2 Å². The Kier molecular flexibility index (Phi) is 8.28. The average Bonchev–Trinajstić information content (AvgIpc) is 3.45.